The summed E-state index contributed by atoms with van der Waals surface area (Å²) in [5, 5.41) is 0. The van der Waals surface area contributed by atoms with Gasteiger partial charge in [-0.3, -0.25) is 9.77 Å². The van der Waals surface area contributed by atoms with Crippen molar-refractivity contribution in [3.8, 4) is 0 Å². The van der Waals surface area contributed by atoms with E-state index in [1.54, 1.807) is 11.6 Å². The molecule has 0 bridgehead atoms. The van der Waals surface area contributed by atoms with Gasteiger partial charge in [-0.05, 0) is 17.6 Å². The second-order valence-electron chi connectivity index (χ2n) is 1.73. The summed E-state index contributed by atoms with van der Waals surface area (Å²) in [6.45, 7) is 5.49. The van der Waals surface area contributed by atoms with Crippen LogP contribution in [0.2, 0.25) is 0 Å². The summed E-state index contributed by atoms with van der Waals surface area (Å²) in [5.74, 6) is 0. The lowest BCUT2D eigenvalue weighted by molar-refractivity contribution is 1.32. The van der Waals surface area contributed by atoms with Gasteiger partial charge in [-0.25, -0.2) is 0 Å². The van der Waals surface area contributed by atoms with Crippen molar-refractivity contribution in [3.05, 3.63) is 23.3 Å². The van der Waals surface area contributed by atoms with Gasteiger partial charge >= 0.3 is 0 Å². The fourth-order valence-electron chi connectivity index (χ4n) is 0.649. The van der Waals surface area contributed by atoms with Crippen LogP contribution in [0.15, 0.2) is 28.2 Å². The van der Waals surface area contributed by atoms with Crippen LogP contribution in [0, 0.1) is 4.78 Å². The van der Waals surface area contributed by atoms with Gasteiger partial charge in [-0.2, -0.15) is 0 Å². The highest BCUT2D eigenvalue weighted by Gasteiger charge is 2.06. The molecule has 0 aromatic rings. The van der Waals surface area contributed by atoms with Crippen LogP contribution < -0.4 is 0 Å². The maximum Gasteiger partial charge on any atom is 0.0754 e. The number of aliphatic imine (C=N–C) groups is 1. The minimum atomic E-state index is -0.521. The van der Waals surface area contributed by atoms with Gasteiger partial charge in [0, 0.05) is 4.91 Å². The molecule has 1 unspecified atom stereocenters. The van der Waals surface area contributed by atoms with Crippen LogP contribution in [-0.2, 0) is 10.7 Å². The fourth-order valence-corrected chi connectivity index (χ4v) is 1.58. The van der Waals surface area contributed by atoms with E-state index in [0.29, 0.717) is 0 Å². The Hall–Kier alpha value is -0.700. The first-order valence-corrected chi connectivity index (χ1v) is 3.86. The molecule has 0 saturated heterocycles. The van der Waals surface area contributed by atoms with Crippen LogP contribution in [-0.4, -0.2) is 5.55 Å². The molecule has 0 aliphatic carbocycles. The predicted octanol–water partition coefficient (Wildman–Crippen LogP) is 1.83. The zero-order valence-corrected chi connectivity index (χ0v) is 6.03. The number of nitrogens with one attached hydrogen (secondary N) is 1. The van der Waals surface area contributed by atoms with Gasteiger partial charge in [0.2, 0.25) is 0 Å². The van der Waals surface area contributed by atoms with Crippen LogP contribution in [0.1, 0.15) is 6.92 Å². The van der Waals surface area contributed by atoms with Crippen molar-refractivity contribution in [2.75, 3.05) is 0 Å². The third kappa shape index (κ3) is 1.00. The summed E-state index contributed by atoms with van der Waals surface area (Å²) >= 11 is 0. The minimum Gasteiger partial charge on any atom is -0.270 e. The Kier molecular flexibility index (Phi) is 1.62. The molecule has 0 radical (unpaired) electrons. The second kappa shape index (κ2) is 2.27. The van der Waals surface area contributed by atoms with Crippen molar-refractivity contribution in [1.29, 1.82) is 4.78 Å². The molecule has 1 rings (SSSR count). The topological polar surface area (TPSA) is 36.2 Å². The summed E-state index contributed by atoms with van der Waals surface area (Å²) in [5.41, 5.74) is 2.58. The Labute approximate surface area is 56.9 Å². The van der Waals surface area contributed by atoms with Gasteiger partial charge in [-0.15, -0.1) is 0 Å². The molecule has 0 aromatic heterocycles. The van der Waals surface area contributed by atoms with Crippen molar-refractivity contribution in [2.45, 2.75) is 6.92 Å². The average molecular weight is 140 g/mol. The average Bonchev–Trinajstić information content (AvgIpc) is 2.12. The fraction of sp³-hybridized carbons (Fsp3) is 0.167. The smallest absolute Gasteiger partial charge is 0.0754 e. The number of nitrogens with zero attached hydrogens (tertiary/aromatic N) is 1. The molecular weight excluding hydrogens is 132 g/mol. The highest BCUT2D eigenvalue weighted by molar-refractivity contribution is 8.03. The molecule has 3 heteroatoms. The Bertz CT molecular complexity index is 225. The molecule has 1 aliphatic rings. The van der Waals surface area contributed by atoms with Gasteiger partial charge in [0.05, 0.1) is 11.2 Å². The van der Waals surface area contributed by atoms with Crippen LogP contribution in [0.4, 0.5) is 0 Å². The molecule has 1 atom stereocenters. The van der Waals surface area contributed by atoms with Gasteiger partial charge in [0.15, 0.2) is 0 Å². The first-order valence-electron chi connectivity index (χ1n) is 2.57. The second-order valence-corrected chi connectivity index (χ2v) is 3.05. The summed E-state index contributed by atoms with van der Waals surface area (Å²) in [6.07, 6.45) is 1.71. The molecule has 1 heterocycles. The molecule has 0 spiro atoms. The van der Waals surface area contributed by atoms with E-state index in [9.17, 15) is 0 Å². The molecule has 0 amide bonds. The largest absolute Gasteiger partial charge is 0.270 e. The first-order chi connectivity index (χ1) is 4.25. The van der Waals surface area contributed by atoms with Gasteiger partial charge < -0.3 is 0 Å². The summed E-state index contributed by atoms with van der Waals surface area (Å²) in [7, 11) is -0.521. The Morgan fingerprint density at radius 1 is 1.89 bits per heavy atom. The molecule has 9 heavy (non-hydrogen) atoms. The quantitative estimate of drug-likeness (QED) is 0.577. The number of rotatable bonds is 1. The van der Waals surface area contributed by atoms with Crippen molar-refractivity contribution in [3.63, 3.8) is 0 Å². The lowest BCUT2D eigenvalue weighted by Crippen LogP contribution is -1.83. The maximum absolute atomic E-state index is 7.37. The van der Waals surface area contributed by atoms with Crippen LogP contribution in [0.25, 0.3) is 0 Å². The van der Waals surface area contributed by atoms with Gasteiger partial charge in [-0.1, -0.05) is 12.7 Å². The Morgan fingerprint density at radius 2 is 2.56 bits per heavy atom. The standard InChI is InChI=1S/C6H8N2S/c1-3-6-5(2)8-4-9(6)7/h3-4,7H,1H2,2H3. The monoisotopic (exact) mass is 140 g/mol. The van der Waals surface area contributed by atoms with Crippen molar-refractivity contribution >= 4 is 16.2 Å². The molecule has 1 aliphatic heterocycles. The number of hydrogen-bond donors (Lipinski definition) is 1. The van der Waals surface area contributed by atoms with Crippen LogP contribution >= 0.6 is 0 Å². The highest BCUT2D eigenvalue weighted by atomic mass is 32.2. The predicted molar refractivity (Wildman–Crippen MR) is 41.5 cm³/mol. The molecule has 0 fully saturated rings. The molecule has 0 aromatic carbocycles. The normalized spacial score (nSPS) is 25.2. The maximum atomic E-state index is 7.37. The van der Waals surface area contributed by atoms with Crippen molar-refractivity contribution in [1.82, 2.24) is 0 Å². The third-order valence-electron chi connectivity index (χ3n) is 1.13. The van der Waals surface area contributed by atoms with E-state index in [-0.39, 0.29) is 0 Å². The van der Waals surface area contributed by atoms with E-state index < -0.39 is 10.7 Å². The molecule has 48 valence electrons. The van der Waals surface area contributed by atoms with E-state index in [1.807, 2.05) is 6.92 Å². The number of hydrogen-bond acceptors (Lipinski definition) is 2. The minimum absolute atomic E-state index is 0.521. The summed E-state index contributed by atoms with van der Waals surface area (Å²) in [6, 6.07) is 0. The zero-order valence-electron chi connectivity index (χ0n) is 5.22. The summed E-state index contributed by atoms with van der Waals surface area (Å²) < 4.78 is 7.37. The van der Waals surface area contributed by atoms with Gasteiger partial charge in [0.25, 0.3) is 0 Å². The van der Waals surface area contributed by atoms with Crippen LogP contribution in [0.3, 0.4) is 0 Å². The lowest BCUT2D eigenvalue weighted by atomic mass is 10.4. The molecular formula is C6H8N2S. The summed E-state index contributed by atoms with van der Waals surface area (Å²) in [4.78, 5) is 4.93. The van der Waals surface area contributed by atoms with E-state index in [4.69, 9.17) is 4.78 Å². The van der Waals surface area contributed by atoms with Crippen molar-refractivity contribution in [2.24, 2.45) is 4.99 Å². The highest BCUT2D eigenvalue weighted by Crippen LogP contribution is 2.16. The Balaban J connectivity index is 3.06. The molecule has 0 saturated carbocycles. The van der Waals surface area contributed by atoms with E-state index >= 15 is 0 Å². The SMILES string of the molecule is C=CC1=C(C)N=CS1=N. The molecule has 1 N–H and O–H groups in total. The van der Waals surface area contributed by atoms with Gasteiger partial charge in [0.1, 0.15) is 0 Å². The van der Waals surface area contributed by atoms with Crippen LogP contribution in [0.5, 0.6) is 0 Å². The van der Waals surface area contributed by atoms with E-state index in [1.165, 1.54) is 0 Å². The molecule has 2 nitrogen and oxygen atoms in total. The lowest BCUT2D eigenvalue weighted by Gasteiger charge is -1.91. The third-order valence-corrected chi connectivity index (χ3v) is 2.38. The first kappa shape index (κ1) is 6.42. The van der Waals surface area contributed by atoms with E-state index in [2.05, 4.69) is 11.6 Å². The van der Waals surface area contributed by atoms with Crippen molar-refractivity contribution < 1.29 is 0 Å². The zero-order chi connectivity index (χ0) is 6.85. The Morgan fingerprint density at radius 3 is 2.78 bits per heavy atom. The van der Waals surface area contributed by atoms with E-state index in [0.717, 1.165) is 10.6 Å². The number of allylic oxidation sites excluding steroid dienone is 2.